The second-order valence-electron chi connectivity index (χ2n) is 16.5. The third-order valence-corrected chi connectivity index (χ3v) is 15.8. The van der Waals surface area contributed by atoms with Crippen LogP contribution in [0.25, 0.3) is 0 Å². The molecule has 69 heavy (non-hydrogen) atoms. The number of benzene rings is 3. The molecular weight excluding hydrogens is 1030 g/mol. The summed E-state index contributed by atoms with van der Waals surface area (Å²) >= 11 is 22.7. The monoisotopic (exact) mass is 1080 g/mol. The van der Waals surface area contributed by atoms with Crippen LogP contribution in [0.2, 0.25) is 15.1 Å². The average molecular weight is 1080 g/mol. The third-order valence-electron chi connectivity index (χ3n) is 11.7. The topological polar surface area (TPSA) is 167 Å². The summed E-state index contributed by atoms with van der Waals surface area (Å²) in [6.45, 7) is 3.00. The van der Waals surface area contributed by atoms with E-state index in [-0.39, 0.29) is 25.9 Å². The highest BCUT2D eigenvalue weighted by molar-refractivity contribution is 7.85. The van der Waals surface area contributed by atoms with Gasteiger partial charge in [-0.15, -0.1) is 34.0 Å². The van der Waals surface area contributed by atoms with Gasteiger partial charge in [0.05, 0.1) is 53.9 Å². The summed E-state index contributed by atoms with van der Waals surface area (Å²) in [6, 6.07) is 27.7. The van der Waals surface area contributed by atoms with Crippen LogP contribution in [0.4, 0.5) is 0 Å². The molecule has 12 nitrogen and oxygen atoms in total. The van der Waals surface area contributed by atoms with Crippen LogP contribution in [-0.2, 0) is 54.8 Å². The number of rotatable bonds is 17. The Labute approximate surface area is 429 Å². The Kier molecular flexibility index (Phi) is 19.1. The minimum atomic E-state index is -3.52. The molecule has 6 heterocycles. The van der Waals surface area contributed by atoms with Crippen molar-refractivity contribution in [1.82, 2.24) is 0 Å². The molecule has 0 aliphatic carbocycles. The molecule has 3 aromatic carbocycles. The zero-order chi connectivity index (χ0) is 49.1. The van der Waals surface area contributed by atoms with Gasteiger partial charge < -0.3 is 39.0 Å². The Hall–Kier alpha value is -3.11. The van der Waals surface area contributed by atoms with Gasteiger partial charge in [0, 0.05) is 28.3 Å². The van der Waals surface area contributed by atoms with Gasteiger partial charge in [0.25, 0.3) is 10.1 Å². The molecule has 3 saturated heterocycles. The standard InChI is InChI=1S/C18H21ClO6S2.C17H19ClO4S.C15H13ClO2S/c1-27(21,22)25-7-3-6-18(20,13-4-2-5-15(19)10-13)14-11-16(26-12-14)17-23-8-9-24-17;18-14-4-1-3-12(9-14)17(20,5-2-6-19)13-10-15(23-11-13)16-21-7-8-22-16;16-13-4-1-3-11(7-13)15(5-2-6-18-15)12-8-14(9-17)19-10-12/h2,4-5,10-12,17,20H,3,6-9H2,1H3;1,3-4,9-11,16,19-20H,2,5-8H2;1,3-4,7-10H,2,5-6H2. The van der Waals surface area contributed by atoms with E-state index < -0.39 is 33.2 Å². The maximum atomic E-state index is 11.5. The number of carbonyl (C=O) groups is 1. The molecule has 3 aliphatic rings. The van der Waals surface area contributed by atoms with Crippen molar-refractivity contribution in [3.8, 4) is 0 Å². The minimum absolute atomic E-state index is 0.00640. The molecule has 3 fully saturated rings. The number of halogens is 3. The van der Waals surface area contributed by atoms with Gasteiger partial charge in [-0.25, -0.2) is 0 Å². The van der Waals surface area contributed by atoms with E-state index in [9.17, 15) is 28.5 Å². The van der Waals surface area contributed by atoms with Gasteiger partial charge in [-0.3, -0.25) is 8.98 Å². The van der Waals surface area contributed by atoms with Crippen LogP contribution in [0.5, 0.6) is 0 Å². The lowest BCUT2D eigenvalue weighted by atomic mass is 9.84. The summed E-state index contributed by atoms with van der Waals surface area (Å²) in [5, 5.41) is 39.6. The molecule has 19 heteroatoms. The van der Waals surface area contributed by atoms with Crippen LogP contribution in [0, 0.1) is 0 Å². The molecule has 9 rings (SSSR count). The predicted molar refractivity (Wildman–Crippen MR) is 270 cm³/mol. The quantitative estimate of drug-likeness (QED) is 0.0450. The molecule has 3 unspecified atom stereocenters. The lowest BCUT2D eigenvalue weighted by molar-refractivity contribution is -0.0417. The predicted octanol–water partition coefficient (Wildman–Crippen LogP) is 11.2. The van der Waals surface area contributed by atoms with E-state index in [2.05, 4.69) is 0 Å². The highest BCUT2D eigenvalue weighted by Crippen LogP contribution is 2.45. The molecule has 0 bridgehead atoms. The second-order valence-corrected chi connectivity index (χ2v) is 22.2. The molecule has 370 valence electrons. The number of aldehydes is 1. The summed E-state index contributed by atoms with van der Waals surface area (Å²) in [4.78, 5) is 13.4. The van der Waals surface area contributed by atoms with E-state index >= 15 is 0 Å². The summed E-state index contributed by atoms with van der Waals surface area (Å²) in [5.41, 5.74) is 1.95. The van der Waals surface area contributed by atoms with Crippen molar-refractivity contribution >= 4 is 85.2 Å². The van der Waals surface area contributed by atoms with Crippen LogP contribution in [0.1, 0.15) is 104 Å². The average Bonchev–Trinajstić information content (AvgIpc) is 4.20. The highest BCUT2D eigenvalue weighted by atomic mass is 35.5. The van der Waals surface area contributed by atoms with E-state index in [0.29, 0.717) is 71.9 Å². The van der Waals surface area contributed by atoms with Gasteiger partial charge in [0.2, 0.25) is 0 Å². The third kappa shape index (κ3) is 13.7. The van der Waals surface area contributed by atoms with E-state index in [1.54, 1.807) is 36.4 Å². The van der Waals surface area contributed by atoms with E-state index in [1.807, 2.05) is 70.7 Å². The first-order chi connectivity index (χ1) is 33.2. The molecule has 0 saturated carbocycles. The molecule has 3 atom stereocenters. The Bertz CT molecular complexity index is 2710. The number of hydrogen-bond donors (Lipinski definition) is 3. The van der Waals surface area contributed by atoms with E-state index in [0.717, 1.165) is 68.9 Å². The molecular formula is C50H53Cl3O12S4. The van der Waals surface area contributed by atoms with Gasteiger partial charge in [0.15, 0.2) is 18.9 Å². The van der Waals surface area contributed by atoms with Crippen LogP contribution in [0.3, 0.4) is 0 Å². The van der Waals surface area contributed by atoms with Crippen LogP contribution in [0.15, 0.2) is 107 Å². The van der Waals surface area contributed by atoms with Crippen LogP contribution in [-0.4, -0.2) is 82.5 Å². The number of carbonyl (C=O) groups excluding carboxylic acids is 1. The van der Waals surface area contributed by atoms with Crippen molar-refractivity contribution in [3.63, 3.8) is 0 Å². The summed E-state index contributed by atoms with van der Waals surface area (Å²) in [5.74, 6) is 0. The Morgan fingerprint density at radius 3 is 1.65 bits per heavy atom. The van der Waals surface area contributed by atoms with Crippen LogP contribution < -0.4 is 0 Å². The maximum absolute atomic E-state index is 11.5. The lowest BCUT2D eigenvalue weighted by Gasteiger charge is -2.28. The molecule has 0 amide bonds. The SMILES string of the molecule is CS(=O)(=O)OCCCC(O)(c1cccc(Cl)c1)c1csc(C2OCCO2)c1.O=Cc1cc(C2(c3cccc(Cl)c3)CCCO2)cs1.OCCCC(O)(c1cccc(Cl)c1)c1csc(C2OCCO2)c1. The second kappa shape index (κ2) is 24.5. The minimum Gasteiger partial charge on any atom is -0.396 e. The number of aliphatic hydroxyl groups is 3. The number of aliphatic hydroxyl groups excluding tert-OH is 1. The largest absolute Gasteiger partial charge is 0.396 e. The normalized spacial score (nSPS) is 19.3. The van der Waals surface area contributed by atoms with Gasteiger partial charge in [-0.1, -0.05) is 71.2 Å². The fraction of sp³-hybridized carbons (Fsp3) is 0.380. The van der Waals surface area contributed by atoms with Gasteiger partial charge >= 0.3 is 0 Å². The fourth-order valence-corrected chi connectivity index (χ4v) is 12.0. The molecule has 6 aromatic rings. The first-order valence-corrected chi connectivity index (χ1v) is 27.8. The molecule has 3 N–H and O–H groups in total. The summed E-state index contributed by atoms with van der Waals surface area (Å²) in [6.07, 6.45) is 4.56. The van der Waals surface area contributed by atoms with E-state index in [1.165, 1.54) is 34.0 Å². The number of thiophene rings is 3. The molecule has 0 radical (unpaired) electrons. The van der Waals surface area contributed by atoms with Gasteiger partial charge in [0.1, 0.15) is 16.8 Å². The smallest absolute Gasteiger partial charge is 0.264 e. The lowest BCUT2D eigenvalue weighted by Crippen LogP contribution is -2.27. The van der Waals surface area contributed by atoms with Crippen molar-refractivity contribution in [2.24, 2.45) is 0 Å². The van der Waals surface area contributed by atoms with Gasteiger partial charge in [-0.05, 0) is 143 Å². The number of hydrogen-bond acceptors (Lipinski definition) is 15. The zero-order valence-corrected chi connectivity index (χ0v) is 43.1. The molecule has 0 spiro atoms. The van der Waals surface area contributed by atoms with Crippen molar-refractivity contribution in [1.29, 1.82) is 0 Å². The number of ether oxygens (including phenoxy) is 5. The fourth-order valence-electron chi connectivity index (χ4n) is 8.34. The molecule has 3 aliphatic heterocycles. The van der Waals surface area contributed by atoms with Crippen LogP contribution >= 0.6 is 68.8 Å². The maximum Gasteiger partial charge on any atom is 0.264 e. The first-order valence-electron chi connectivity index (χ1n) is 22.2. The Balaban J connectivity index is 0.000000155. The summed E-state index contributed by atoms with van der Waals surface area (Å²) in [7, 11) is -3.52. The van der Waals surface area contributed by atoms with E-state index in [4.69, 9.17) is 62.7 Å². The van der Waals surface area contributed by atoms with Crippen molar-refractivity contribution in [3.05, 3.63) is 170 Å². The van der Waals surface area contributed by atoms with Crippen molar-refractivity contribution < 1.29 is 56.4 Å². The first kappa shape index (κ1) is 53.7. The highest BCUT2D eigenvalue weighted by Gasteiger charge is 2.40. The van der Waals surface area contributed by atoms with Crippen molar-refractivity contribution in [2.45, 2.75) is 67.9 Å². The summed E-state index contributed by atoms with van der Waals surface area (Å²) < 4.78 is 55.3. The Morgan fingerprint density at radius 1 is 0.681 bits per heavy atom. The Morgan fingerprint density at radius 2 is 1.20 bits per heavy atom. The van der Waals surface area contributed by atoms with Gasteiger partial charge in [-0.2, -0.15) is 8.42 Å². The molecule has 3 aromatic heterocycles. The zero-order valence-electron chi connectivity index (χ0n) is 37.6. The van der Waals surface area contributed by atoms with Crippen molar-refractivity contribution in [2.75, 3.05) is 52.5 Å².